The first kappa shape index (κ1) is 8.40. The Bertz CT molecular complexity index is 293. The van der Waals surface area contributed by atoms with Crippen LogP contribution in [0.25, 0.3) is 0 Å². The molecule has 2 aromatic heterocycles. The molecule has 2 N–H and O–H groups in total. The van der Waals surface area contributed by atoms with Gasteiger partial charge in [0.25, 0.3) is 0 Å². The number of thiazole rings is 1. The van der Waals surface area contributed by atoms with Crippen molar-refractivity contribution >= 4 is 11.3 Å². The van der Waals surface area contributed by atoms with Crippen LogP contribution in [0.4, 0.5) is 0 Å². The largest absolute Gasteiger partial charge is 0.348 e. The number of rotatable bonds is 4. The minimum atomic E-state index is 0.754. The van der Waals surface area contributed by atoms with Gasteiger partial charge in [-0.05, 0) is 0 Å². The van der Waals surface area contributed by atoms with Gasteiger partial charge in [0, 0.05) is 24.3 Å². The lowest BCUT2D eigenvalue weighted by atomic mass is 10.5. The van der Waals surface area contributed by atoms with E-state index in [9.17, 15) is 0 Å². The van der Waals surface area contributed by atoms with E-state index in [0.29, 0.717) is 0 Å². The average Bonchev–Trinajstić information content (AvgIpc) is 2.75. The zero-order chi connectivity index (χ0) is 8.93. The molecule has 2 heterocycles. The third kappa shape index (κ3) is 2.37. The SMILES string of the molecule is c1c[nH]c(CNCc2cscn2)n1. The van der Waals surface area contributed by atoms with Gasteiger partial charge in [-0.2, -0.15) is 0 Å². The molecule has 5 heteroatoms. The summed E-state index contributed by atoms with van der Waals surface area (Å²) in [4.78, 5) is 11.3. The maximum atomic E-state index is 4.16. The minimum Gasteiger partial charge on any atom is -0.348 e. The molecule has 0 spiro atoms. The summed E-state index contributed by atoms with van der Waals surface area (Å²) in [5.41, 5.74) is 2.92. The third-order valence-corrected chi connectivity index (χ3v) is 2.27. The van der Waals surface area contributed by atoms with Crippen LogP contribution in [0.5, 0.6) is 0 Å². The predicted octanol–water partition coefficient (Wildman–Crippen LogP) is 1.16. The number of hydrogen-bond donors (Lipinski definition) is 2. The summed E-state index contributed by atoms with van der Waals surface area (Å²) in [5.74, 6) is 0.954. The number of imidazole rings is 1. The van der Waals surface area contributed by atoms with Crippen molar-refractivity contribution in [2.75, 3.05) is 0 Å². The molecule has 2 rings (SSSR count). The fourth-order valence-corrected chi connectivity index (χ4v) is 1.59. The van der Waals surface area contributed by atoms with E-state index in [4.69, 9.17) is 0 Å². The second-order valence-corrected chi connectivity index (χ2v) is 3.34. The number of aromatic amines is 1. The molecule has 0 amide bonds. The molecule has 4 nitrogen and oxygen atoms in total. The molecule has 0 radical (unpaired) electrons. The highest BCUT2D eigenvalue weighted by Crippen LogP contribution is 2.00. The van der Waals surface area contributed by atoms with Gasteiger partial charge in [-0.25, -0.2) is 9.97 Å². The molecule has 68 valence electrons. The van der Waals surface area contributed by atoms with Crippen molar-refractivity contribution in [1.29, 1.82) is 0 Å². The quantitative estimate of drug-likeness (QED) is 0.767. The van der Waals surface area contributed by atoms with Crippen LogP contribution >= 0.6 is 11.3 Å². The summed E-state index contributed by atoms with van der Waals surface area (Å²) in [6.07, 6.45) is 3.57. The van der Waals surface area contributed by atoms with Crippen LogP contribution in [-0.2, 0) is 13.1 Å². The summed E-state index contributed by atoms with van der Waals surface area (Å²) in [5, 5.41) is 5.28. The van der Waals surface area contributed by atoms with Crippen molar-refractivity contribution in [2.24, 2.45) is 0 Å². The summed E-state index contributed by atoms with van der Waals surface area (Å²) < 4.78 is 0. The summed E-state index contributed by atoms with van der Waals surface area (Å²) in [6.45, 7) is 1.55. The smallest absolute Gasteiger partial charge is 0.120 e. The Morgan fingerprint density at radius 1 is 1.38 bits per heavy atom. The van der Waals surface area contributed by atoms with E-state index in [1.165, 1.54) is 0 Å². The zero-order valence-electron chi connectivity index (χ0n) is 7.03. The zero-order valence-corrected chi connectivity index (χ0v) is 7.84. The van der Waals surface area contributed by atoms with Gasteiger partial charge in [0.05, 0.1) is 17.7 Å². The van der Waals surface area contributed by atoms with Crippen molar-refractivity contribution in [1.82, 2.24) is 20.3 Å². The van der Waals surface area contributed by atoms with Crippen LogP contribution in [0.3, 0.4) is 0 Å². The second-order valence-electron chi connectivity index (χ2n) is 2.62. The molecule has 0 fully saturated rings. The molecule has 0 atom stereocenters. The Kier molecular flexibility index (Phi) is 2.68. The van der Waals surface area contributed by atoms with Crippen molar-refractivity contribution < 1.29 is 0 Å². The molecule has 0 unspecified atom stereocenters. The van der Waals surface area contributed by atoms with Crippen molar-refractivity contribution in [3.63, 3.8) is 0 Å². The maximum Gasteiger partial charge on any atom is 0.120 e. The van der Waals surface area contributed by atoms with Crippen LogP contribution in [0.2, 0.25) is 0 Å². The predicted molar refractivity (Wildman–Crippen MR) is 51.2 cm³/mol. The molecule has 0 saturated carbocycles. The van der Waals surface area contributed by atoms with Crippen molar-refractivity contribution in [3.8, 4) is 0 Å². The Morgan fingerprint density at radius 2 is 2.38 bits per heavy atom. The fraction of sp³-hybridized carbons (Fsp3) is 0.250. The summed E-state index contributed by atoms with van der Waals surface area (Å²) in [6, 6.07) is 0. The molecule has 0 aliphatic carbocycles. The number of hydrogen-bond acceptors (Lipinski definition) is 4. The highest BCUT2D eigenvalue weighted by molar-refractivity contribution is 7.07. The highest BCUT2D eigenvalue weighted by atomic mass is 32.1. The van der Waals surface area contributed by atoms with Gasteiger partial charge < -0.3 is 10.3 Å². The molecular weight excluding hydrogens is 184 g/mol. The first-order valence-corrected chi connectivity index (χ1v) is 4.95. The van der Waals surface area contributed by atoms with E-state index in [1.807, 2.05) is 17.1 Å². The number of H-pyrrole nitrogens is 1. The highest BCUT2D eigenvalue weighted by Gasteiger charge is 1.95. The number of aromatic nitrogens is 3. The van der Waals surface area contributed by atoms with E-state index in [-0.39, 0.29) is 0 Å². The Labute approximate surface area is 80.1 Å². The summed E-state index contributed by atoms with van der Waals surface area (Å²) >= 11 is 1.61. The second kappa shape index (κ2) is 4.15. The maximum absolute atomic E-state index is 4.16. The Morgan fingerprint density at radius 3 is 3.08 bits per heavy atom. The van der Waals surface area contributed by atoms with E-state index in [2.05, 4.69) is 20.3 Å². The van der Waals surface area contributed by atoms with E-state index < -0.39 is 0 Å². The van der Waals surface area contributed by atoms with Gasteiger partial charge in [-0.15, -0.1) is 11.3 Å². The number of nitrogens with zero attached hydrogens (tertiary/aromatic N) is 2. The van der Waals surface area contributed by atoms with Gasteiger partial charge in [0.1, 0.15) is 5.82 Å². The van der Waals surface area contributed by atoms with E-state index in [0.717, 1.165) is 24.6 Å². The third-order valence-electron chi connectivity index (χ3n) is 1.64. The van der Waals surface area contributed by atoms with Crippen LogP contribution < -0.4 is 5.32 Å². The van der Waals surface area contributed by atoms with Gasteiger partial charge in [-0.3, -0.25) is 0 Å². The normalized spacial score (nSPS) is 10.5. The Balaban J connectivity index is 1.76. The average molecular weight is 194 g/mol. The number of nitrogens with one attached hydrogen (secondary N) is 2. The van der Waals surface area contributed by atoms with Crippen molar-refractivity contribution in [3.05, 3.63) is 34.8 Å². The summed E-state index contributed by atoms with van der Waals surface area (Å²) in [7, 11) is 0. The molecule has 0 aliphatic heterocycles. The monoisotopic (exact) mass is 194 g/mol. The van der Waals surface area contributed by atoms with Gasteiger partial charge >= 0.3 is 0 Å². The van der Waals surface area contributed by atoms with Gasteiger partial charge in [-0.1, -0.05) is 0 Å². The fourth-order valence-electron chi connectivity index (χ4n) is 1.03. The first-order valence-electron chi connectivity index (χ1n) is 4.01. The van der Waals surface area contributed by atoms with E-state index >= 15 is 0 Å². The van der Waals surface area contributed by atoms with Crippen LogP contribution in [-0.4, -0.2) is 15.0 Å². The molecule has 0 aromatic carbocycles. The Hall–Kier alpha value is -1.20. The lowest BCUT2D eigenvalue weighted by Crippen LogP contribution is -2.13. The van der Waals surface area contributed by atoms with Crippen molar-refractivity contribution in [2.45, 2.75) is 13.1 Å². The van der Waals surface area contributed by atoms with Crippen LogP contribution in [0.1, 0.15) is 11.5 Å². The molecule has 2 aromatic rings. The van der Waals surface area contributed by atoms with E-state index in [1.54, 1.807) is 17.5 Å². The van der Waals surface area contributed by atoms with Gasteiger partial charge in [0.2, 0.25) is 0 Å². The van der Waals surface area contributed by atoms with Crippen LogP contribution in [0.15, 0.2) is 23.3 Å². The molecular formula is C8H10N4S. The van der Waals surface area contributed by atoms with Gasteiger partial charge in [0.15, 0.2) is 0 Å². The standard InChI is InChI=1S/C8H10N4S/c1-2-11-8(10-1)4-9-3-7-5-13-6-12-7/h1-2,5-6,9H,3-4H2,(H,10,11). The molecule has 0 bridgehead atoms. The molecule has 0 saturated heterocycles. The lowest BCUT2D eigenvalue weighted by Gasteiger charge is -1.98. The molecule has 0 aliphatic rings. The lowest BCUT2D eigenvalue weighted by molar-refractivity contribution is 0.660. The van der Waals surface area contributed by atoms with Crippen LogP contribution in [0, 0.1) is 0 Å². The minimum absolute atomic E-state index is 0.754. The topological polar surface area (TPSA) is 53.6 Å². The molecule has 13 heavy (non-hydrogen) atoms. The first-order chi connectivity index (χ1) is 6.45.